The summed E-state index contributed by atoms with van der Waals surface area (Å²) >= 11 is 0. The van der Waals surface area contributed by atoms with Crippen LogP contribution in [0, 0.1) is 18.3 Å². The predicted octanol–water partition coefficient (Wildman–Crippen LogP) is 2.44. The van der Waals surface area contributed by atoms with E-state index in [1.807, 2.05) is 0 Å². The molecule has 2 nitrogen and oxygen atoms in total. The second-order valence-electron chi connectivity index (χ2n) is 3.95. The molecule has 0 saturated heterocycles. The van der Waals surface area contributed by atoms with Gasteiger partial charge in [0.1, 0.15) is 0 Å². The molecule has 0 bridgehead atoms. The van der Waals surface area contributed by atoms with E-state index >= 15 is 0 Å². The molecule has 0 saturated carbocycles. The molecule has 1 aliphatic rings. The summed E-state index contributed by atoms with van der Waals surface area (Å²) in [5, 5.41) is 9.05. The number of hydrogen-bond donors (Lipinski definition) is 0. The van der Waals surface area contributed by atoms with Gasteiger partial charge in [-0.15, -0.1) is 0 Å². The number of anilines is 1. The Kier molecular flexibility index (Phi) is 2.17. The molecule has 0 fully saturated rings. The van der Waals surface area contributed by atoms with Crippen molar-refractivity contribution in [2.24, 2.45) is 0 Å². The summed E-state index contributed by atoms with van der Waals surface area (Å²) in [7, 11) is 2.09. The summed E-state index contributed by atoms with van der Waals surface area (Å²) in [4.78, 5) is 2.22. The molecule has 0 aliphatic carbocycles. The summed E-state index contributed by atoms with van der Waals surface area (Å²) in [6.45, 7) is 3.05. The highest BCUT2D eigenvalue weighted by atomic mass is 15.1. The molecule has 1 heterocycles. The first-order valence-electron chi connectivity index (χ1n) is 4.93. The van der Waals surface area contributed by atoms with E-state index in [2.05, 4.69) is 43.1 Å². The minimum atomic E-state index is 0.0844. The zero-order valence-electron chi connectivity index (χ0n) is 8.62. The van der Waals surface area contributed by atoms with E-state index in [1.165, 1.54) is 16.8 Å². The molecule has 0 N–H and O–H groups in total. The van der Waals surface area contributed by atoms with Gasteiger partial charge in [0.2, 0.25) is 0 Å². The summed E-state index contributed by atoms with van der Waals surface area (Å²) < 4.78 is 0. The minimum Gasteiger partial charge on any atom is -0.374 e. The maximum atomic E-state index is 9.05. The van der Waals surface area contributed by atoms with Gasteiger partial charge in [0.15, 0.2) is 0 Å². The van der Waals surface area contributed by atoms with Gasteiger partial charge in [-0.05, 0) is 25.0 Å². The number of nitriles is 1. The van der Waals surface area contributed by atoms with Gasteiger partial charge in [-0.2, -0.15) is 5.26 Å². The summed E-state index contributed by atoms with van der Waals surface area (Å²) in [5.41, 5.74) is 3.65. The Morgan fingerprint density at radius 2 is 2.29 bits per heavy atom. The van der Waals surface area contributed by atoms with Gasteiger partial charge in [-0.3, -0.25) is 0 Å². The zero-order valence-corrected chi connectivity index (χ0v) is 8.62. The molecule has 0 radical (unpaired) electrons. The van der Waals surface area contributed by atoms with Gasteiger partial charge in [0.05, 0.1) is 12.0 Å². The Balaban J connectivity index is 2.53. The molecule has 0 spiro atoms. The highest BCUT2D eigenvalue weighted by Gasteiger charge is 2.22. The Bertz CT molecular complexity index is 390. The molecule has 1 aromatic carbocycles. The Labute approximate surface area is 84.8 Å². The molecule has 2 rings (SSSR count). The third-order valence-corrected chi connectivity index (χ3v) is 2.88. The lowest BCUT2D eigenvalue weighted by Gasteiger charge is -2.30. The van der Waals surface area contributed by atoms with Crippen LogP contribution in [0.15, 0.2) is 18.2 Å². The maximum absolute atomic E-state index is 9.05. The second-order valence-corrected chi connectivity index (χ2v) is 3.95. The van der Waals surface area contributed by atoms with Gasteiger partial charge in [0.25, 0.3) is 0 Å². The lowest BCUT2D eigenvalue weighted by molar-refractivity contribution is 0.689. The van der Waals surface area contributed by atoms with Crippen molar-refractivity contribution >= 4 is 5.69 Å². The lowest BCUT2D eigenvalue weighted by Crippen LogP contribution is -2.26. The molecule has 0 amide bonds. The van der Waals surface area contributed by atoms with Crippen LogP contribution in [0.1, 0.15) is 23.5 Å². The second kappa shape index (κ2) is 3.34. The van der Waals surface area contributed by atoms with E-state index in [0.29, 0.717) is 0 Å². The Hall–Kier alpha value is -1.49. The summed E-state index contributed by atoms with van der Waals surface area (Å²) in [6, 6.07) is 8.74. The molecule has 1 aromatic rings. The van der Waals surface area contributed by atoms with Crippen molar-refractivity contribution in [1.82, 2.24) is 0 Å². The smallest absolute Gasteiger partial charge is 0.0749 e. The average Bonchev–Trinajstić information content (AvgIpc) is 2.18. The van der Waals surface area contributed by atoms with Crippen molar-refractivity contribution in [1.29, 1.82) is 5.26 Å². The van der Waals surface area contributed by atoms with E-state index in [4.69, 9.17) is 5.26 Å². The van der Waals surface area contributed by atoms with Crippen LogP contribution in [0.25, 0.3) is 0 Å². The van der Waals surface area contributed by atoms with E-state index in [9.17, 15) is 0 Å². The first-order valence-corrected chi connectivity index (χ1v) is 4.93. The quantitative estimate of drug-likeness (QED) is 0.622. The maximum Gasteiger partial charge on any atom is 0.0749 e. The molecule has 1 atom stereocenters. The van der Waals surface area contributed by atoms with Gasteiger partial charge in [-0.25, -0.2) is 0 Å². The van der Waals surface area contributed by atoms with Crippen LogP contribution in [0.2, 0.25) is 0 Å². The first kappa shape index (κ1) is 9.08. The first-order chi connectivity index (χ1) is 6.72. The highest BCUT2D eigenvalue weighted by Crippen LogP contribution is 2.34. The van der Waals surface area contributed by atoms with Crippen molar-refractivity contribution < 1.29 is 0 Å². The van der Waals surface area contributed by atoms with E-state index in [0.717, 1.165) is 13.0 Å². The van der Waals surface area contributed by atoms with Crippen LogP contribution in [0.4, 0.5) is 5.69 Å². The van der Waals surface area contributed by atoms with Crippen molar-refractivity contribution in [2.45, 2.75) is 19.3 Å². The molecule has 2 heteroatoms. The van der Waals surface area contributed by atoms with Crippen molar-refractivity contribution in [3.8, 4) is 6.07 Å². The van der Waals surface area contributed by atoms with Crippen molar-refractivity contribution in [2.75, 3.05) is 18.5 Å². The predicted molar refractivity (Wildman–Crippen MR) is 57.4 cm³/mol. The monoisotopic (exact) mass is 186 g/mol. The fourth-order valence-corrected chi connectivity index (χ4v) is 2.03. The number of fused-ring (bicyclic) bond motifs is 1. The molecule has 0 aromatic heterocycles. The van der Waals surface area contributed by atoms with Gasteiger partial charge < -0.3 is 4.90 Å². The number of nitrogens with zero attached hydrogens (tertiary/aromatic N) is 2. The fourth-order valence-electron chi connectivity index (χ4n) is 2.03. The number of hydrogen-bond acceptors (Lipinski definition) is 2. The standard InChI is InChI=1S/C12H14N2/c1-9-3-4-12-11(7-9)10(8-13)5-6-14(12)2/h3-4,7,10H,5-6H2,1-2H3. The lowest BCUT2D eigenvalue weighted by atomic mass is 9.90. The van der Waals surface area contributed by atoms with Gasteiger partial charge >= 0.3 is 0 Å². The van der Waals surface area contributed by atoms with Gasteiger partial charge in [-0.1, -0.05) is 17.7 Å². The van der Waals surface area contributed by atoms with Crippen molar-refractivity contribution in [3.63, 3.8) is 0 Å². The highest BCUT2D eigenvalue weighted by molar-refractivity contribution is 5.59. The summed E-state index contributed by atoms with van der Waals surface area (Å²) in [5.74, 6) is 0.0844. The third-order valence-electron chi connectivity index (χ3n) is 2.88. The normalized spacial score (nSPS) is 20.1. The molecule has 14 heavy (non-hydrogen) atoms. The Morgan fingerprint density at radius 3 is 3.00 bits per heavy atom. The van der Waals surface area contributed by atoms with Crippen molar-refractivity contribution in [3.05, 3.63) is 29.3 Å². The SMILES string of the molecule is Cc1ccc2c(c1)C(C#N)CCN2C. The molecule has 1 unspecified atom stereocenters. The van der Waals surface area contributed by atoms with E-state index in [1.54, 1.807) is 0 Å². The molecule has 1 aliphatic heterocycles. The number of rotatable bonds is 0. The largest absolute Gasteiger partial charge is 0.374 e. The van der Waals surface area contributed by atoms with Gasteiger partial charge in [0, 0.05) is 19.3 Å². The minimum absolute atomic E-state index is 0.0844. The van der Waals surface area contributed by atoms with Crippen LogP contribution in [-0.2, 0) is 0 Å². The fraction of sp³-hybridized carbons (Fsp3) is 0.417. The van der Waals surface area contributed by atoms with E-state index in [-0.39, 0.29) is 5.92 Å². The topological polar surface area (TPSA) is 27.0 Å². The number of aryl methyl sites for hydroxylation is 1. The van der Waals surface area contributed by atoms with E-state index < -0.39 is 0 Å². The van der Waals surface area contributed by atoms with Crippen LogP contribution in [0.3, 0.4) is 0 Å². The average molecular weight is 186 g/mol. The summed E-state index contributed by atoms with van der Waals surface area (Å²) in [6.07, 6.45) is 0.948. The number of benzene rings is 1. The molecule has 72 valence electrons. The third kappa shape index (κ3) is 1.35. The van der Waals surface area contributed by atoms with Crippen LogP contribution < -0.4 is 4.90 Å². The zero-order chi connectivity index (χ0) is 10.1. The molecular weight excluding hydrogens is 172 g/mol. The van der Waals surface area contributed by atoms with Crippen LogP contribution in [-0.4, -0.2) is 13.6 Å². The molecular formula is C12H14N2. The van der Waals surface area contributed by atoms with Crippen LogP contribution in [0.5, 0.6) is 0 Å². The van der Waals surface area contributed by atoms with Crippen LogP contribution >= 0.6 is 0 Å². The Morgan fingerprint density at radius 1 is 1.50 bits per heavy atom.